The van der Waals surface area contributed by atoms with Gasteiger partial charge in [-0.15, -0.1) is 0 Å². The van der Waals surface area contributed by atoms with Crippen LogP contribution in [0.4, 0.5) is 0 Å². The van der Waals surface area contributed by atoms with Crippen molar-refractivity contribution in [3.63, 3.8) is 0 Å². The van der Waals surface area contributed by atoms with E-state index in [1.807, 2.05) is 13.8 Å². The SMILES string of the molecule is CC(=O)O[C@@H]1C[C@@H]2C[C@H](OS(=O)(=O)[O-])CC[C@]2(C)[C@H]2CC(=O)[C@]3(C)[C@@H]([C@H](C)CCC(=O)[O-])CC[C@H]3[C@H]12. The van der Waals surface area contributed by atoms with E-state index < -0.39 is 34.0 Å². The van der Waals surface area contributed by atoms with E-state index in [0.29, 0.717) is 38.5 Å². The maximum Gasteiger partial charge on any atom is 0.302 e. The molecule has 4 aliphatic rings. The van der Waals surface area contributed by atoms with Crippen molar-refractivity contribution in [2.45, 2.75) is 97.7 Å². The standard InChI is InChI=1S/C26H40O9S/c1-14(5-8-23(29)30)18-6-7-19-24-20(13-22(28)26(18,19)4)25(3)10-9-17(35-36(31,32)33)11-16(25)12-21(24)34-15(2)27/h14,16-21,24H,5-13H2,1-4H3,(H,29,30)(H,31,32,33)/p-2/t14-,16+,17-,18-,19+,20+,21-,24+,25+,26-/m1/s1. The largest absolute Gasteiger partial charge is 0.726 e. The number of carbonyl (C=O) groups excluding carboxylic acids is 3. The molecule has 0 aromatic carbocycles. The summed E-state index contributed by atoms with van der Waals surface area (Å²) < 4.78 is 44.4. The topological polar surface area (TPSA) is 150 Å². The van der Waals surface area contributed by atoms with Gasteiger partial charge < -0.3 is 19.2 Å². The second-order valence-corrected chi connectivity index (χ2v) is 13.3. The lowest BCUT2D eigenvalue weighted by Gasteiger charge is -2.62. The first-order chi connectivity index (χ1) is 16.7. The van der Waals surface area contributed by atoms with E-state index in [4.69, 9.17) is 8.92 Å². The Morgan fingerprint density at radius 2 is 1.83 bits per heavy atom. The molecule has 4 aliphatic carbocycles. The molecule has 0 radical (unpaired) electrons. The van der Waals surface area contributed by atoms with Gasteiger partial charge in [0, 0.05) is 30.6 Å². The second-order valence-electron chi connectivity index (χ2n) is 12.3. The van der Waals surface area contributed by atoms with Gasteiger partial charge in [-0.2, -0.15) is 0 Å². The number of aliphatic carboxylic acids is 1. The van der Waals surface area contributed by atoms with Crippen LogP contribution < -0.4 is 5.11 Å². The molecule has 4 rings (SSSR count). The minimum absolute atomic E-state index is 0.00287. The molecule has 0 aromatic rings. The van der Waals surface area contributed by atoms with Gasteiger partial charge in [-0.1, -0.05) is 20.8 Å². The van der Waals surface area contributed by atoms with E-state index in [9.17, 15) is 32.5 Å². The van der Waals surface area contributed by atoms with Gasteiger partial charge in [0.1, 0.15) is 11.9 Å². The van der Waals surface area contributed by atoms with Crippen molar-refractivity contribution in [1.29, 1.82) is 0 Å². The van der Waals surface area contributed by atoms with E-state index in [1.165, 1.54) is 6.92 Å². The molecule has 0 spiro atoms. The lowest BCUT2D eigenvalue weighted by atomic mass is 9.43. The van der Waals surface area contributed by atoms with Crippen molar-refractivity contribution in [2.24, 2.45) is 46.3 Å². The van der Waals surface area contributed by atoms with Crippen LogP contribution in [0.2, 0.25) is 0 Å². The number of esters is 1. The first kappa shape index (κ1) is 27.5. The molecular weight excluding hydrogens is 488 g/mol. The van der Waals surface area contributed by atoms with Crippen molar-refractivity contribution in [1.82, 2.24) is 0 Å². The zero-order valence-electron chi connectivity index (χ0n) is 21.6. The van der Waals surface area contributed by atoms with E-state index in [0.717, 1.165) is 12.8 Å². The summed E-state index contributed by atoms with van der Waals surface area (Å²) in [6.45, 7) is 7.60. The summed E-state index contributed by atoms with van der Waals surface area (Å²) in [5.74, 6) is -1.20. The predicted molar refractivity (Wildman–Crippen MR) is 125 cm³/mol. The lowest BCUT2D eigenvalue weighted by Crippen LogP contribution is -2.62. The first-order valence-electron chi connectivity index (χ1n) is 13.2. The van der Waals surface area contributed by atoms with Crippen LogP contribution in [0, 0.1) is 46.3 Å². The Labute approximate surface area is 213 Å². The molecule has 0 unspecified atom stereocenters. The quantitative estimate of drug-likeness (QED) is 0.277. The molecule has 0 heterocycles. The summed E-state index contributed by atoms with van der Waals surface area (Å²) in [5.41, 5.74) is -0.867. The monoisotopic (exact) mass is 526 g/mol. The van der Waals surface area contributed by atoms with Gasteiger partial charge in [-0.3, -0.25) is 13.8 Å². The van der Waals surface area contributed by atoms with Crippen molar-refractivity contribution in [2.75, 3.05) is 0 Å². The maximum atomic E-state index is 13.9. The molecular formula is C26H38O9S-2. The number of hydrogen-bond donors (Lipinski definition) is 0. The molecule has 204 valence electrons. The first-order valence-corrected chi connectivity index (χ1v) is 14.5. The fraction of sp³-hybridized carbons (Fsp3) is 0.885. The van der Waals surface area contributed by atoms with Gasteiger partial charge in [-0.25, -0.2) is 8.42 Å². The Bertz CT molecular complexity index is 1010. The average Bonchev–Trinajstić information content (AvgIpc) is 3.11. The fourth-order valence-electron chi connectivity index (χ4n) is 8.95. The van der Waals surface area contributed by atoms with Crippen LogP contribution in [-0.2, 0) is 33.7 Å². The Morgan fingerprint density at radius 3 is 2.44 bits per heavy atom. The summed E-state index contributed by atoms with van der Waals surface area (Å²) in [4.78, 5) is 37.1. The van der Waals surface area contributed by atoms with Gasteiger partial charge in [0.15, 0.2) is 0 Å². The summed E-state index contributed by atoms with van der Waals surface area (Å²) in [7, 11) is -4.82. The lowest BCUT2D eigenvalue weighted by molar-refractivity contribution is -0.306. The Kier molecular flexibility index (Phi) is 7.38. The highest BCUT2D eigenvalue weighted by molar-refractivity contribution is 7.80. The molecule has 10 atom stereocenters. The van der Waals surface area contributed by atoms with Crippen molar-refractivity contribution < 1.29 is 41.4 Å². The van der Waals surface area contributed by atoms with Crippen LogP contribution in [0.1, 0.15) is 85.5 Å². The van der Waals surface area contributed by atoms with Crippen LogP contribution in [0.3, 0.4) is 0 Å². The summed E-state index contributed by atoms with van der Waals surface area (Å²) in [6.07, 6.45) is 3.31. The third-order valence-electron chi connectivity index (χ3n) is 10.6. The van der Waals surface area contributed by atoms with Gasteiger partial charge in [0.2, 0.25) is 10.4 Å². The van der Waals surface area contributed by atoms with E-state index >= 15 is 0 Å². The maximum absolute atomic E-state index is 13.9. The van der Waals surface area contributed by atoms with Crippen LogP contribution in [0.15, 0.2) is 0 Å². The van der Waals surface area contributed by atoms with Crippen molar-refractivity contribution in [3.05, 3.63) is 0 Å². The van der Waals surface area contributed by atoms with Crippen LogP contribution in [0.5, 0.6) is 0 Å². The summed E-state index contributed by atoms with van der Waals surface area (Å²) >= 11 is 0. The van der Waals surface area contributed by atoms with Gasteiger partial charge >= 0.3 is 5.97 Å². The molecule has 0 aliphatic heterocycles. The highest BCUT2D eigenvalue weighted by Gasteiger charge is 2.66. The molecule has 10 heteroatoms. The smallest absolute Gasteiger partial charge is 0.302 e. The molecule has 0 saturated heterocycles. The molecule has 9 nitrogen and oxygen atoms in total. The number of carboxylic acid groups (broad SMARTS) is 1. The zero-order valence-corrected chi connectivity index (χ0v) is 22.4. The second kappa shape index (κ2) is 9.66. The van der Waals surface area contributed by atoms with Gasteiger partial charge in [0.05, 0.1) is 6.10 Å². The number of Topliss-reactive ketones (excluding diaryl/α,β-unsaturated/α-hetero) is 1. The van der Waals surface area contributed by atoms with Crippen LogP contribution >= 0.6 is 0 Å². The number of carbonyl (C=O) groups is 3. The molecule has 4 fully saturated rings. The predicted octanol–water partition coefficient (Wildman–Crippen LogP) is 2.38. The third kappa shape index (κ3) is 4.85. The zero-order chi connectivity index (χ0) is 26.6. The fourth-order valence-corrected chi connectivity index (χ4v) is 9.46. The van der Waals surface area contributed by atoms with Crippen molar-refractivity contribution >= 4 is 28.1 Å². The summed E-state index contributed by atoms with van der Waals surface area (Å²) in [6, 6.07) is 0. The minimum atomic E-state index is -4.82. The number of hydrogen-bond acceptors (Lipinski definition) is 9. The number of rotatable bonds is 7. The Morgan fingerprint density at radius 1 is 1.14 bits per heavy atom. The number of fused-ring (bicyclic) bond motifs is 5. The molecule has 0 N–H and O–H groups in total. The van der Waals surface area contributed by atoms with E-state index in [2.05, 4.69) is 6.92 Å². The molecule has 0 bridgehead atoms. The average molecular weight is 527 g/mol. The number of ether oxygens (including phenoxy) is 1. The number of ketones is 1. The van der Waals surface area contributed by atoms with E-state index in [-0.39, 0.29) is 59.1 Å². The normalized spacial score (nSPS) is 43.1. The molecule has 0 amide bonds. The summed E-state index contributed by atoms with van der Waals surface area (Å²) in [5, 5.41) is 11.1. The Hall–Kier alpha value is -1.52. The van der Waals surface area contributed by atoms with Crippen molar-refractivity contribution in [3.8, 4) is 0 Å². The third-order valence-corrected chi connectivity index (χ3v) is 11.1. The molecule has 36 heavy (non-hydrogen) atoms. The van der Waals surface area contributed by atoms with E-state index in [1.54, 1.807) is 0 Å². The number of carboxylic acids is 1. The van der Waals surface area contributed by atoms with Crippen LogP contribution in [-0.4, -0.2) is 42.9 Å². The molecule has 4 saturated carbocycles. The van der Waals surface area contributed by atoms with Gasteiger partial charge in [0.25, 0.3) is 0 Å². The highest BCUT2D eigenvalue weighted by Crippen LogP contribution is 2.67. The highest BCUT2D eigenvalue weighted by atomic mass is 32.3. The van der Waals surface area contributed by atoms with Gasteiger partial charge in [-0.05, 0) is 86.4 Å². The minimum Gasteiger partial charge on any atom is -0.726 e. The molecule has 0 aromatic heterocycles. The van der Waals surface area contributed by atoms with Crippen LogP contribution in [0.25, 0.3) is 0 Å². The Balaban J connectivity index is 1.65.